The van der Waals surface area contributed by atoms with Crippen LogP contribution in [-0.2, 0) is 25.0 Å². The van der Waals surface area contributed by atoms with Gasteiger partial charge >= 0.3 is 12.1 Å². The van der Waals surface area contributed by atoms with Gasteiger partial charge in [-0.2, -0.15) is 20.4 Å². The first-order valence-electron chi connectivity index (χ1n) is 39.9. The normalized spacial score (nSPS) is 20.7. The van der Waals surface area contributed by atoms with Crippen molar-refractivity contribution >= 4 is 24.3 Å². The van der Waals surface area contributed by atoms with Gasteiger partial charge in [-0.25, -0.2) is 62.3 Å². The van der Waals surface area contributed by atoms with Crippen LogP contribution in [0.3, 0.4) is 0 Å². The van der Waals surface area contributed by atoms with E-state index in [1.54, 1.807) is 74.2 Å². The van der Waals surface area contributed by atoms with Crippen molar-refractivity contribution in [2.45, 2.75) is 196 Å². The van der Waals surface area contributed by atoms with E-state index in [1.165, 1.54) is 114 Å². The summed E-state index contributed by atoms with van der Waals surface area (Å²) >= 11 is 0. The standard InChI is InChI=1S/C29H36N6O.C24H36N2O2.C10H10N4O.C10H12N4.C8H12N2O2.C5H8F2O/c1-21-27(22(2)35(32-21)26-14-30-20-31-15-26)28(36)34-18-23-16-33(17-24(23)19-34)13-12-29(10-6-7-11-29)25-8-4-3-5-9-25;1-23(2,3)28-22(27)26-15-13-24(18-26,21-10-5-4-6-11-21)12-14-25-16-19-8-7-9-20(19)17-25;1-7-10(5-15)8(2)14(13-7)9-3-11-6-12-4-9;1-7-8(2)13-14(9(7)3)10-4-11-6-12-5-10;1-4-12-8(11)7-5(2)9-10-6(7)3;1-8-4-2-5(6,7)3-4/h3-5,8-9,14-15,20,23-24H,6-7,10-13,16-19H2,1-2H3;4-6,10-11,19-20H,7-9,12-18H2,1-3H3;3-6H,1-2H3;4-6H,1-3H3;4H2,1-3H3,(H,9,10);4H,2-3H2,1H3. The minimum absolute atomic E-state index is 0.0515. The molecule has 3 saturated carbocycles. The number of carbonyl (C=O) groups is 4. The largest absolute Gasteiger partial charge is 0.462 e. The SMILES string of the molecule is CC(C)(C)OC(=O)N1CCC(CCN2CC3CCCC3C2)(c2ccccc2)C1.CCOC(=O)c1c(C)n[nH]c1C.COC1CC(F)(F)C1.Cc1nn(-c2cncnc2)c(C)c1C.Cc1nn(-c2cncnc2)c(C)c1C(=O)N1CC2CN(CCC3(c4ccccc4)CCCC3)CC2C1.Cc1nn(-c2cncnc2)c(C)c1C=O. The van der Waals surface area contributed by atoms with Gasteiger partial charge < -0.3 is 33.8 Å². The topological polar surface area (TPSA) is 268 Å². The van der Waals surface area contributed by atoms with Crippen LogP contribution in [0.25, 0.3) is 17.1 Å². The average molecular weight is 1550 g/mol. The van der Waals surface area contributed by atoms with Crippen LogP contribution >= 0.6 is 0 Å². The number of alkyl halides is 2. The number of carbonyl (C=O) groups excluding carboxylic acids is 4. The monoisotopic (exact) mass is 1550 g/mol. The third-order valence-corrected chi connectivity index (χ3v) is 23.8. The summed E-state index contributed by atoms with van der Waals surface area (Å²) in [5.41, 5.74) is 15.2. The molecule has 5 unspecified atom stereocenters. The number of nitrogens with one attached hydrogen (secondary N) is 1. The van der Waals surface area contributed by atoms with E-state index < -0.39 is 11.5 Å². The molecule has 7 aliphatic rings. The third-order valence-electron chi connectivity index (χ3n) is 23.8. The number of fused-ring (bicyclic) bond motifs is 2. The van der Waals surface area contributed by atoms with Crippen LogP contribution in [0.4, 0.5) is 13.6 Å². The number of ether oxygens (including phenoxy) is 3. The Hall–Kier alpha value is -9.86. The van der Waals surface area contributed by atoms with Crippen molar-refractivity contribution in [1.82, 2.24) is 89.0 Å². The van der Waals surface area contributed by atoms with Gasteiger partial charge in [0.05, 0.1) is 95.2 Å². The molecule has 2 amide bonds. The first kappa shape index (κ1) is 84.1. The second kappa shape index (κ2) is 37.4. The molecule has 9 aromatic rings. The third kappa shape index (κ3) is 20.6. The van der Waals surface area contributed by atoms with Crippen molar-refractivity contribution in [2.24, 2.45) is 23.7 Å². The summed E-state index contributed by atoms with van der Waals surface area (Å²) in [7, 11) is 1.46. The molecule has 604 valence electrons. The Morgan fingerprint density at radius 2 is 1.04 bits per heavy atom. The Labute approximate surface area is 663 Å². The summed E-state index contributed by atoms with van der Waals surface area (Å²) in [6, 6.07) is 22.0. The van der Waals surface area contributed by atoms with Crippen LogP contribution in [0.5, 0.6) is 0 Å². The van der Waals surface area contributed by atoms with E-state index >= 15 is 0 Å². The fourth-order valence-corrected chi connectivity index (χ4v) is 17.4. The summed E-state index contributed by atoms with van der Waals surface area (Å²) < 4.78 is 44.3. The van der Waals surface area contributed by atoms with Crippen molar-refractivity contribution in [1.29, 1.82) is 0 Å². The molecule has 3 aliphatic carbocycles. The van der Waals surface area contributed by atoms with Crippen molar-refractivity contribution < 1.29 is 42.2 Å². The van der Waals surface area contributed by atoms with E-state index in [4.69, 9.17) is 9.47 Å². The number of aromatic nitrogens is 14. The van der Waals surface area contributed by atoms with Gasteiger partial charge in [0.2, 0.25) is 0 Å². The van der Waals surface area contributed by atoms with Crippen molar-refractivity contribution in [3.8, 4) is 17.1 Å². The Morgan fingerprint density at radius 1 is 0.566 bits per heavy atom. The summed E-state index contributed by atoms with van der Waals surface area (Å²) in [6.07, 6.45) is 28.0. The molecule has 1 N–H and O–H groups in total. The number of methoxy groups -OCH3 is 1. The number of hydrogen-bond donors (Lipinski definition) is 1. The van der Waals surface area contributed by atoms with Crippen molar-refractivity contribution in [2.75, 3.05) is 79.2 Å². The number of esters is 1. The van der Waals surface area contributed by atoms with Crippen LogP contribution in [-0.4, -0.2) is 210 Å². The Balaban J connectivity index is 0.000000144. The van der Waals surface area contributed by atoms with Gasteiger partial charge in [-0.05, 0) is 194 Å². The van der Waals surface area contributed by atoms with E-state index in [1.807, 2.05) is 65.0 Å². The molecule has 2 aromatic carbocycles. The molecule has 5 atom stereocenters. The van der Waals surface area contributed by atoms with Gasteiger partial charge in [0, 0.05) is 89.1 Å². The number of H-pyrrole nitrogens is 1. The number of hydrogen-bond acceptors (Lipinski definition) is 19. The number of nitrogens with zero attached hydrogens (tertiary/aromatic N) is 17. The van der Waals surface area contributed by atoms with E-state index in [9.17, 15) is 28.0 Å². The van der Waals surface area contributed by atoms with Crippen LogP contribution in [0.1, 0.15) is 198 Å². The molecule has 16 rings (SSSR count). The number of aryl methyl sites for hydroxylation is 5. The first-order valence-corrected chi connectivity index (χ1v) is 39.9. The predicted octanol–water partition coefficient (Wildman–Crippen LogP) is 14.2. The number of amides is 2. The molecular weight excluding hydrogens is 1440 g/mol. The first-order chi connectivity index (χ1) is 54.1. The minimum Gasteiger partial charge on any atom is -0.462 e. The smallest absolute Gasteiger partial charge is 0.410 e. The molecule has 7 fully saturated rings. The zero-order chi connectivity index (χ0) is 80.8. The number of aromatic amines is 1. The lowest BCUT2D eigenvalue weighted by Crippen LogP contribution is -2.40. The lowest BCUT2D eigenvalue weighted by Gasteiger charge is -2.33. The fourth-order valence-electron chi connectivity index (χ4n) is 17.4. The molecule has 113 heavy (non-hydrogen) atoms. The summed E-state index contributed by atoms with van der Waals surface area (Å²) in [5, 5.41) is 19.9. The number of rotatable bonds is 16. The summed E-state index contributed by atoms with van der Waals surface area (Å²) in [5.74, 6) is 0.404. The fraction of sp³-hybridized carbons (Fsp3) is 0.535. The van der Waals surface area contributed by atoms with Gasteiger partial charge in [0.25, 0.3) is 11.8 Å². The maximum absolute atomic E-state index is 13.6. The van der Waals surface area contributed by atoms with Gasteiger partial charge in [-0.3, -0.25) is 14.7 Å². The van der Waals surface area contributed by atoms with Gasteiger partial charge in [-0.15, -0.1) is 0 Å². The number of halogens is 2. The summed E-state index contributed by atoms with van der Waals surface area (Å²) in [6.45, 7) is 35.6. The highest BCUT2D eigenvalue weighted by Gasteiger charge is 2.47. The quantitative estimate of drug-likeness (QED) is 0.0695. The van der Waals surface area contributed by atoms with Gasteiger partial charge in [0.1, 0.15) is 47.2 Å². The number of benzene rings is 2. The zero-order valence-electron chi connectivity index (χ0n) is 68.4. The van der Waals surface area contributed by atoms with Crippen molar-refractivity contribution in [3.63, 3.8) is 0 Å². The van der Waals surface area contributed by atoms with E-state index in [0.717, 1.165) is 134 Å². The molecule has 11 heterocycles. The molecule has 4 saturated heterocycles. The Bertz CT molecular complexity index is 4550. The lowest BCUT2D eigenvalue weighted by molar-refractivity contribution is -0.155. The molecule has 0 spiro atoms. The maximum atomic E-state index is 13.6. The molecular formula is C86H114F2N18O7. The lowest BCUT2D eigenvalue weighted by atomic mass is 9.76. The zero-order valence-corrected chi connectivity index (χ0v) is 68.4. The highest BCUT2D eigenvalue weighted by atomic mass is 19.3. The molecule has 0 radical (unpaired) electrons. The Morgan fingerprint density at radius 3 is 1.49 bits per heavy atom. The summed E-state index contributed by atoms with van der Waals surface area (Å²) in [4.78, 5) is 81.6. The predicted molar refractivity (Wildman–Crippen MR) is 428 cm³/mol. The minimum atomic E-state index is -2.43. The average Bonchev–Trinajstić information content (AvgIpc) is 1.56. The van der Waals surface area contributed by atoms with Gasteiger partial charge in [0.15, 0.2) is 6.29 Å². The van der Waals surface area contributed by atoms with Crippen molar-refractivity contribution in [3.05, 3.63) is 196 Å². The van der Waals surface area contributed by atoms with Crippen LogP contribution < -0.4 is 0 Å². The van der Waals surface area contributed by atoms with E-state index in [0.29, 0.717) is 46.4 Å². The highest BCUT2D eigenvalue weighted by Crippen LogP contribution is 2.46. The van der Waals surface area contributed by atoms with Crippen LogP contribution in [0.15, 0.2) is 117 Å². The van der Waals surface area contributed by atoms with Gasteiger partial charge in [-0.1, -0.05) is 79.9 Å². The second-order valence-corrected chi connectivity index (χ2v) is 32.6. The molecule has 4 aliphatic heterocycles. The number of likely N-dealkylation sites (tertiary alicyclic amines) is 4. The maximum Gasteiger partial charge on any atom is 0.410 e. The van der Waals surface area contributed by atoms with E-state index in [-0.39, 0.29) is 42.3 Å². The van der Waals surface area contributed by atoms with Crippen LogP contribution in [0, 0.1) is 86.0 Å². The highest BCUT2D eigenvalue weighted by molar-refractivity contribution is 5.97. The molecule has 0 bridgehead atoms. The number of aldehydes is 1. The second-order valence-electron chi connectivity index (χ2n) is 32.6. The molecule has 25 nitrogen and oxygen atoms in total. The molecule has 7 aromatic heterocycles. The van der Waals surface area contributed by atoms with E-state index in [2.05, 4.69) is 142 Å². The Kier molecular flexibility index (Phi) is 27.8. The van der Waals surface area contributed by atoms with Crippen LogP contribution in [0.2, 0.25) is 0 Å². The molecule has 27 heteroatoms.